The minimum atomic E-state index is -0.666. The summed E-state index contributed by atoms with van der Waals surface area (Å²) < 4.78 is 0. The van der Waals surface area contributed by atoms with Gasteiger partial charge in [0.05, 0.1) is 6.10 Å². The Hall–Kier alpha value is -2.20. The number of nitrogens with one attached hydrogen (secondary N) is 1. The second-order valence-electron chi connectivity index (χ2n) is 4.59. The van der Waals surface area contributed by atoms with Crippen molar-refractivity contribution in [2.45, 2.75) is 18.9 Å². The van der Waals surface area contributed by atoms with E-state index in [-0.39, 0.29) is 12.5 Å². The Bertz CT molecular complexity index is 529. The zero-order valence-corrected chi connectivity index (χ0v) is 11.2. The van der Waals surface area contributed by atoms with Crippen LogP contribution in [-0.2, 0) is 11.2 Å². The summed E-state index contributed by atoms with van der Waals surface area (Å²) in [5.41, 5.74) is 1.89. The van der Waals surface area contributed by atoms with Crippen LogP contribution in [0.25, 0.3) is 0 Å². The van der Waals surface area contributed by atoms with Crippen molar-refractivity contribution >= 4 is 5.91 Å². The Kier molecular flexibility index (Phi) is 5.26. The van der Waals surface area contributed by atoms with Gasteiger partial charge in [-0.1, -0.05) is 30.3 Å². The molecule has 20 heavy (non-hydrogen) atoms. The summed E-state index contributed by atoms with van der Waals surface area (Å²) in [6, 6.07) is 13.1. The van der Waals surface area contributed by atoms with Crippen molar-refractivity contribution in [1.29, 1.82) is 0 Å². The van der Waals surface area contributed by atoms with Crippen LogP contribution in [-0.4, -0.2) is 22.5 Å². The van der Waals surface area contributed by atoms with E-state index in [1.165, 1.54) is 0 Å². The SMILES string of the molecule is O=C(CCc1ccncc1)NCC(O)c1ccccc1. The molecule has 104 valence electrons. The Morgan fingerprint density at radius 1 is 1.15 bits per heavy atom. The minimum Gasteiger partial charge on any atom is -0.387 e. The third-order valence-electron chi connectivity index (χ3n) is 3.07. The van der Waals surface area contributed by atoms with Crippen molar-refractivity contribution in [3.05, 3.63) is 66.0 Å². The van der Waals surface area contributed by atoms with Crippen LogP contribution in [0.15, 0.2) is 54.9 Å². The number of nitrogens with zero attached hydrogens (tertiary/aromatic N) is 1. The molecule has 0 spiro atoms. The fourth-order valence-corrected chi connectivity index (χ4v) is 1.90. The van der Waals surface area contributed by atoms with Crippen molar-refractivity contribution in [2.24, 2.45) is 0 Å². The maximum Gasteiger partial charge on any atom is 0.220 e. The number of hydrogen-bond acceptors (Lipinski definition) is 3. The molecule has 1 unspecified atom stereocenters. The lowest BCUT2D eigenvalue weighted by molar-refractivity contribution is -0.121. The van der Waals surface area contributed by atoms with Gasteiger partial charge in [0.25, 0.3) is 0 Å². The van der Waals surface area contributed by atoms with Crippen molar-refractivity contribution < 1.29 is 9.90 Å². The Morgan fingerprint density at radius 3 is 2.55 bits per heavy atom. The van der Waals surface area contributed by atoms with Gasteiger partial charge in [0.15, 0.2) is 0 Å². The average molecular weight is 270 g/mol. The van der Waals surface area contributed by atoms with Gasteiger partial charge < -0.3 is 10.4 Å². The number of carbonyl (C=O) groups is 1. The van der Waals surface area contributed by atoms with Crippen molar-refractivity contribution in [1.82, 2.24) is 10.3 Å². The van der Waals surface area contributed by atoms with E-state index in [2.05, 4.69) is 10.3 Å². The van der Waals surface area contributed by atoms with Crippen LogP contribution in [0.4, 0.5) is 0 Å². The average Bonchev–Trinajstić information content (AvgIpc) is 2.52. The number of amides is 1. The molecule has 0 bridgehead atoms. The molecule has 1 aromatic carbocycles. The fraction of sp³-hybridized carbons (Fsp3) is 0.250. The molecule has 0 fully saturated rings. The van der Waals surface area contributed by atoms with E-state index in [9.17, 15) is 9.90 Å². The maximum absolute atomic E-state index is 11.7. The molecule has 1 atom stereocenters. The highest BCUT2D eigenvalue weighted by atomic mass is 16.3. The number of rotatable bonds is 6. The fourth-order valence-electron chi connectivity index (χ4n) is 1.90. The molecule has 1 aromatic heterocycles. The summed E-state index contributed by atoms with van der Waals surface area (Å²) in [6.07, 6.45) is 3.85. The van der Waals surface area contributed by atoms with Gasteiger partial charge in [-0.25, -0.2) is 0 Å². The first kappa shape index (κ1) is 14.2. The van der Waals surface area contributed by atoms with Crippen molar-refractivity contribution in [2.75, 3.05) is 6.54 Å². The molecule has 0 aliphatic carbocycles. The first-order valence-electron chi connectivity index (χ1n) is 6.64. The molecular weight excluding hydrogens is 252 g/mol. The lowest BCUT2D eigenvalue weighted by Crippen LogP contribution is -2.28. The third-order valence-corrected chi connectivity index (χ3v) is 3.07. The summed E-state index contributed by atoms with van der Waals surface area (Å²) >= 11 is 0. The number of aromatic nitrogens is 1. The summed E-state index contributed by atoms with van der Waals surface area (Å²) in [7, 11) is 0. The topological polar surface area (TPSA) is 62.2 Å². The standard InChI is InChI=1S/C16H18N2O2/c19-15(14-4-2-1-3-5-14)12-18-16(20)7-6-13-8-10-17-11-9-13/h1-5,8-11,15,19H,6-7,12H2,(H,18,20). The molecule has 0 aliphatic heterocycles. The van der Waals surface area contributed by atoms with E-state index >= 15 is 0 Å². The predicted octanol–water partition coefficient (Wildman–Crippen LogP) is 1.86. The van der Waals surface area contributed by atoms with E-state index in [0.29, 0.717) is 12.8 Å². The monoisotopic (exact) mass is 270 g/mol. The van der Waals surface area contributed by atoms with E-state index in [4.69, 9.17) is 0 Å². The summed E-state index contributed by atoms with van der Waals surface area (Å²) in [5.74, 6) is -0.0585. The van der Waals surface area contributed by atoms with Gasteiger partial charge in [0, 0.05) is 25.4 Å². The molecule has 4 nitrogen and oxygen atoms in total. The second kappa shape index (κ2) is 7.40. The van der Waals surface area contributed by atoms with Crippen molar-refractivity contribution in [3.8, 4) is 0 Å². The van der Waals surface area contributed by atoms with Gasteiger partial charge >= 0.3 is 0 Å². The number of benzene rings is 1. The molecular formula is C16H18N2O2. The lowest BCUT2D eigenvalue weighted by atomic mass is 10.1. The predicted molar refractivity (Wildman–Crippen MR) is 77.0 cm³/mol. The highest BCUT2D eigenvalue weighted by molar-refractivity contribution is 5.76. The minimum absolute atomic E-state index is 0.0585. The first-order chi connectivity index (χ1) is 9.75. The van der Waals surface area contributed by atoms with Gasteiger partial charge in [-0.3, -0.25) is 9.78 Å². The largest absolute Gasteiger partial charge is 0.387 e. The summed E-state index contributed by atoms with van der Waals surface area (Å²) in [5, 5.41) is 12.7. The summed E-state index contributed by atoms with van der Waals surface area (Å²) in [4.78, 5) is 15.6. The molecule has 2 rings (SSSR count). The van der Waals surface area contributed by atoms with E-state index < -0.39 is 6.10 Å². The molecule has 2 aromatic rings. The number of aryl methyl sites for hydroxylation is 1. The van der Waals surface area contributed by atoms with Gasteiger partial charge in [0.1, 0.15) is 0 Å². The highest BCUT2D eigenvalue weighted by Crippen LogP contribution is 2.10. The zero-order chi connectivity index (χ0) is 14.2. The zero-order valence-electron chi connectivity index (χ0n) is 11.2. The normalized spacial score (nSPS) is 11.8. The quantitative estimate of drug-likeness (QED) is 0.842. The van der Waals surface area contributed by atoms with E-state index in [1.54, 1.807) is 12.4 Å². The van der Waals surface area contributed by atoms with Crippen LogP contribution in [0.1, 0.15) is 23.7 Å². The van der Waals surface area contributed by atoms with E-state index in [0.717, 1.165) is 11.1 Å². The number of aliphatic hydroxyl groups excluding tert-OH is 1. The Balaban J connectivity index is 1.73. The molecule has 2 N–H and O–H groups in total. The Labute approximate surface area is 118 Å². The smallest absolute Gasteiger partial charge is 0.220 e. The third kappa shape index (κ3) is 4.48. The van der Waals surface area contributed by atoms with Gasteiger partial charge in [0.2, 0.25) is 5.91 Å². The number of pyridine rings is 1. The number of aliphatic hydroxyl groups is 1. The second-order valence-corrected chi connectivity index (χ2v) is 4.59. The lowest BCUT2D eigenvalue weighted by Gasteiger charge is -2.12. The molecule has 0 radical (unpaired) electrons. The van der Waals surface area contributed by atoms with Crippen molar-refractivity contribution in [3.63, 3.8) is 0 Å². The molecule has 0 saturated carbocycles. The molecule has 1 amide bonds. The molecule has 4 heteroatoms. The van der Waals surface area contributed by atoms with E-state index in [1.807, 2.05) is 42.5 Å². The van der Waals surface area contributed by atoms with Crippen LogP contribution >= 0.6 is 0 Å². The van der Waals surface area contributed by atoms with Gasteiger partial charge in [-0.2, -0.15) is 0 Å². The van der Waals surface area contributed by atoms with Crippen LogP contribution in [0.2, 0.25) is 0 Å². The van der Waals surface area contributed by atoms with Crippen LogP contribution in [0.5, 0.6) is 0 Å². The molecule has 0 saturated heterocycles. The molecule has 1 heterocycles. The Morgan fingerprint density at radius 2 is 1.85 bits per heavy atom. The van der Waals surface area contributed by atoms with Crippen LogP contribution < -0.4 is 5.32 Å². The van der Waals surface area contributed by atoms with Crippen LogP contribution in [0.3, 0.4) is 0 Å². The number of carbonyl (C=O) groups excluding carboxylic acids is 1. The summed E-state index contributed by atoms with van der Waals surface area (Å²) in [6.45, 7) is 0.235. The first-order valence-corrected chi connectivity index (χ1v) is 6.64. The highest BCUT2D eigenvalue weighted by Gasteiger charge is 2.08. The number of hydrogen-bond donors (Lipinski definition) is 2. The maximum atomic E-state index is 11.7. The van der Waals surface area contributed by atoms with Gasteiger partial charge in [-0.15, -0.1) is 0 Å². The van der Waals surface area contributed by atoms with Crippen LogP contribution in [0, 0.1) is 0 Å². The van der Waals surface area contributed by atoms with Gasteiger partial charge in [-0.05, 0) is 29.7 Å². The molecule has 0 aliphatic rings.